The molecule has 3 aliphatic rings. The van der Waals surface area contributed by atoms with Gasteiger partial charge in [0, 0.05) is 42.5 Å². The van der Waals surface area contributed by atoms with Gasteiger partial charge in [0.05, 0.1) is 5.92 Å². The zero-order valence-corrected chi connectivity index (χ0v) is 17.4. The Kier molecular flexibility index (Phi) is 4.76. The van der Waals surface area contributed by atoms with Crippen molar-refractivity contribution in [3.8, 4) is 0 Å². The van der Waals surface area contributed by atoms with Gasteiger partial charge in [0.2, 0.25) is 17.7 Å². The van der Waals surface area contributed by atoms with Crippen molar-refractivity contribution in [1.29, 1.82) is 0 Å². The average Bonchev–Trinajstić information content (AvgIpc) is 3.40. The first-order valence-corrected chi connectivity index (χ1v) is 10.7. The Morgan fingerprint density at radius 3 is 2.65 bits per heavy atom. The van der Waals surface area contributed by atoms with E-state index in [4.69, 9.17) is 0 Å². The highest BCUT2D eigenvalue weighted by molar-refractivity contribution is 6.04. The maximum Gasteiger partial charge on any atom is 0.230 e. The summed E-state index contributed by atoms with van der Waals surface area (Å²) in [6, 6.07) is 9.95. The van der Waals surface area contributed by atoms with Crippen molar-refractivity contribution in [2.45, 2.75) is 32.6 Å². The van der Waals surface area contributed by atoms with E-state index < -0.39 is 5.92 Å². The molecule has 3 amide bonds. The van der Waals surface area contributed by atoms with Crippen molar-refractivity contribution in [3.63, 3.8) is 0 Å². The first-order chi connectivity index (χ1) is 14.9. The van der Waals surface area contributed by atoms with Crippen LogP contribution in [0, 0.1) is 24.6 Å². The van der Waals surface area contributed by atoms with Crippen LogP contribution in [0.5, 0.6) is 0 Å². The minimum atomic E-state index is -0.474. The van der Waals surface area contributed by atoms with Crippen LogP contribution in [0.15, 0.2) is 36.4 Å². The summed E-state index contributed by atoms with van der Waals surface area (Å²) in [5.41, 5.74) is 3.95. The molecule has 0 unspecified atom stereocenters. The quantitative estimate of drug-likeness (QED) is 0.822. The molecule has 2 heterocycles. The zero-order valence-electron chi connectivity index (χ0n) is 17.4. The van der Waals surface area contributed by atoms with Crippen LogP contribution in [0.4, 0.5) is 21.5 Å². The van der Waals surface area contributed by atoms with Gasteiger partial charge in [-0.25, -0.2) is 4.39 Å². The zero-order chi connectivity index (χ0) is 21.7. The minimum absolute atomic E-state index is 0.0974. The highest BCUT2D eigenvalue weighted by Gasteiger charge is 2.38. The molecule has 6 nitrogen and oxygen atoms in total. The van der Waals surface area contributed by atoms with Crippen LogP contribution >= 0.6 is 0 Å². The van der Waals surface area contributed by atoms with Crippen LogP contribution in [-0.2, 0) is 20.8 Å². The van der Waals surface area contributed by atoms with Crippen molar-refractivity contribution in [2.24, 2.45) is 11.8 Å². The molecule has 0 radical (unpaired) electrons. The number of hydrogen-bond acceptors (Lipinski definition) is 3. The second kappa shape index (κ2) is 7.48. The number of halogens is 1. The lowest BCUT2D eigenvalue weighted by atomic mass is 10.1. The molecule has 2 fully saturated rings. The Balaban J connectivity index is 1.29. The van der Waals surface area contributed by atoms with Crippen LogP contribution in [0.3, 0.4) is 0 Å². The average molecular weight is 421 g/mol. The number of carbonyl (C=O) groups excluding carboxylic acids is 3. The number of hydrogen-bond donors (Lipinski definition) is 1. The van der Waals surface area contributed by atoms with E-state index in [1.165, 1.54) is 18.2 Å². The first-order valence-electron chi connectivity index (χ1n) is 10.7. The number of benzene rings is 2. The number of amides is 3. The number of nitrogens with zero attached hydrogens (tertiary/aromatic N) is 2. The van der Waals surface area contributed by atoms with Crippen LogP contribution in [0.25, 0.3) is 0 Å². The van der Waals surface area contributed by atoms with Gasteiger partial charge in [0.1, 0.15) is 5.82 Å². The van der Waals surface area contributed by atoms with E-state index in [9.17, 15) is 18.8 Å². The lowest BCUT2D eigenvalue weighted by Gasteiger charge is -2.20. The largest absolute Gasteiger partial charge is 0.326 e. The predicted molar refractivity (Wildman–Crippen MR) is 115 cm³/mol. The van der Waals surface area contributed by atoms with Gasteiger partial charge in [-0.15, -0.1) is 0 Å². The highest BCUT2D eigenvalue weighted by atomic mass is 19.1. The van der Waals surface area contributed by atoms with Gasteiger partial charge in [-0.2, -0.15) is 0 Å². The lowest BCUT2D eigenvalue weighted by Crippen LogP contribution is -2.30. The number of carbonyl (C=O) groups is 3. The topological polar surface area (TPSA) is 69.7 Å². The molecule has 2 aromatic rings. The number of fused-ring (bicyclic) bond motifs is 1. The molecule has 1 atom stereocenters. The normalized spacial score (nSPS) is 20.2. The van der Waals surface area contributed by atoms with E-state index in [2.05, 4.69) is 5.32 Å². The molecule has 1 saturated carbocycles. The van der Waals surface area contributed by atoms with E-state index in [1.54, 1.807) is 11.8 Å². The van der Waals surface area contributed by atoms with Gasteiger partial charge in [-0.05, 0) is 73.7 Å². The van der Waals surface area contributed by atoms with E-state index in [0.717, 1.165) is 36.2 Å². The molecular weight excluding hydrogens is 397 g/mol. The summed E-state index contributed by atoms with van der Waals surface area (Å²) < 4.78 is 13.3. The molecule has 31 heavy (non-hydrogen) atoms. The fraction of sp³-hybridized carbons (Fsp3) is 0.375. The Hall–Kier alpha value is -3.22. The third-order valence-electron chi connectivity index (χ3n) is 6.41. The van der Waals surface area contributed by atoms with Crippen molar-refractivity contribution in [3.05, 3.63) is 53.3 Å². The van der Waals surface area contributed by atoms with Crippen molar-refractivity contribution >= 4 is 34.8 Å². The smallest absolute Gasteiger partial charge is 0.230 e. The number of rotatable bonds is 4. The maximum absolute atomic E-state index is 13.3. The molecule has 1 saturated heterocycles. The summed E-state index contributed by atoms with van der Waals surface area (Å²) in [6.45, 7) is 2.71. The Morgan fingerprint density at radius 2 is 1.90 bits per heavy atom. The Bertz CT molecular complexity index is 1100. The van der Waals surface area contributed by atoms with E-state index in [1.807, 2.05) is 23.1 Å². The second-order valence-electron chi connectivity index (χ2n) is 8.68. The van der Waals surface area contributed by atoms with E-state index in [-0.39, 0.29) is 35.9 Å². The van der Waals surface area contributed by atoms with Gasteiger partial charge in [0.15, 0.2) is 0 Å². The fourth-order valence-electron chi connectivity index (χ4n) is 4.47. The first kappa shape index (κ1) is 19.7. The van der Waals surface area contributed by atoms with Gasteiger partial charge < -0.3 is 15.1 Å². The molecule has 0 bridgehead atoms. The van der Waals surface area contributed by atoms with Crippen molar-refractivity contribution in [1.82, 2.24) is 0 Å². The molecule has 2 aliphatic heterocycles. The minimum Gasteiger partial charge on any atom is -0.326 e. The van der Waals surface area contributed by atoms with Gasteiger partial charge in [0.25, 0.3) is 0 Å². The summed E-state index contributed by atoms with van der Waals surface area (Å²) in [5.74, 6) is -0.788. The summed E-state index contributed by atoms with van der Waals surface area (Å²) in [5, 5.41) is 2.82. The molecule has 2 aromatic carbocycles. The van der Waals surface area contributed by atoms with Crippen molar-refractivity contribution < 1.29 is 18.8 Å². The molecule has 7 heteroatoms. The third-order valence-corrected chi connectivity index (χ3v) is 6.41. The van der Waals surface area contributed by atoms with Gasteiger partial charge >= 0.3 is 0 Å². The highest BCUT2D eigenvalue weighted by Crippen LogP contribution is 2.38. The van der Waals surface area contributed by atoms with E-state index in [0.29, 0.717) is 24.3 Å². The van der Waals surface area contributed by atoms with Crippen LogP contribution in [0.1, 0.15) is 30.4 Å². The van der Waals surface area contributed by atoms with Gasteiger partial charge in [-0.3, -0.25) is 14.4 Å². The fourth-order valence-corrected chi connectivity index (χ4v) is 4.47. The maximum atomic E-state index is 13.3. The predicted octanol–water partition coefficient (Wildman–Crippen LogP) is 3.42. The molecule has 5 rings (SSSR count). The molecule has 160 valence electrons. The third kappa shape index (κ3) is 3.69. The summed E-state index contributed by atoms with van der Waals surface area (Å²) in [7, 11) is 0. The van der Waals surface area contributed by atoms with Crippen LogP contribution in [0.2, 0.25) is 0 Å². The monoisotopic (exact) mass is 421 g/mol. The van der Waals surface area contributed by atoms with Crippen molar-refractivity contribution in [2.75, 3.05) is 28.2 Å². The number of aryl methyl sites for hydroxylation is 1. The molecule has 1 N–H and O–H groups in total. The molecular formula is C24H24FN3O3. The molecule has 0 spiro atoms. The van der Waals surface area contributed by atoms with Crippen LogP contribution < -0.4 is 15.1 Å². The number of nitrogens with one attached hydrogen (secondary N) is 1. The number of anilines is 3. The van der Waals surface area contributed by atoms with E-state index >= 15 is 0 Å². The Morgan fingerprint density at radius 1 is 1.10 bits per heavy atom. The lowest BCUT2D eigenvalue weighted by molar-refractivity contribution is -0.122. The molecule has 1 aliphatic carbocycles. The second-order valence-corrected chi connectivity index (χ2v) is 8.68. The van der Waals surface area contributed by atoms with Crippen LogP contribution in [-0.4, -0.2) is 30.8 Å². The standard InChI is InChI=1S/C24H24FN3O3/c1-14-10-18(25)4-6-20(14)26-23(30)17-12-22(29)28(13-17)19-5-7-21-16(11-19)8-9-27(21)24(31)15-2-3-15/h4-7,10-11,15,17H,2-3,8-9,12-13H2,1H3,(H,26,30)/t17-/m0/s1. The Labute approximate surface area is 180 Å². The summed E-state index contributed by atoms with van der Waals surface area (Å²) in [4.78, 5) is 41.4. The SMILES string of the molecule is Cc1cc(F)ccc1NC(=O)[C@H]1CC(=O)N(c2ccc3c(c2)CCN3C(=O)C2CC2)C1. The van der Waals surface area contributed by atoms with Gasteiger partial charge in [-0.1, -0.05) is 0 Å². The summed E-state index contributed by atoms with van der Waals surface area (Å²) in [6.07, 6.45) is 2.87. The molecule has 0 aromatic heterocycles. The summed E-state index contributed by atoms with van der Waals surface area (Å²) >= 11 is 0.